The predicted molar refractivity (Wildman–Crippen MR) is 131 cm³/mol. The topological polar surface area (TPSA) is 46.9 Å². The van der Waals surface area contributed by atoms with E-state index in [1.807, 2.05) is 10.7 Å². The van der Waals surface area contributed by atoms with Crippen molar-refractivity contribution < 1.29 is 4.79 Å². The molecule has 176 valence electrons. The molecule has 1 atom stereocenters. The van der Waals surface area contributed by atoms with Crippen LogP contribution in [0.5, 0.6) is 0 Å². The molecule has 0 saturated heterocycles. The molecule has 4 saturated carbocycles. The number of nitrogens with zero attached hydrogens (tertiary/aromatic N) is 2. The number of hydrogen-bond acceptors (Lipinski definition) is 2. The highest BCUT2D eigenvalue weighted by Gasteiger charge is 2.51. The molecular formula is C29H39N3O. The standard InChI is InChI=1S/C29H39N3O/c1-28(2,3)22-9-10-25-24(14-22)26(31-32(25)23-7-5-4-6-8-23)27(33)30-18-29-15-19-11-20(16-29)13-21(12-19)17-29/h4-8,19-22H,9-18H2,1-3H3,(H,30,33). The van der Waals surface area contributed by atoms with E-state index in [2.05, 4.69) is 50.4 Å². The van der Waals surface area contributed by atoms with Gasteiger partial charge in [-0.2, -0.15) is 5.10 Å². The van der Waals surface area contributed by atoms with Crippen LogP contribution in [0.4, 0.5) is 0 Å². The molecular weight excluding hydrogens is 406 g/mol. The molecule has 5 aliphatic rings. The summed E-state index contributed by atoms with van der Waals surface area (Å²) < 4.78 is 2.05. The van der Waals surface area contributed by atoms with Gasteiger partial charge in [-0.25, -0.2) is 4.68 Å². The van der Waals surface area contributed by atoms with Crippen LogP contribution in [0, 0.1) is 34.5 Å². The molecule has 4 bridgehead atoms. The van der Waals surface area contributed by atoms with E-state index >= 15 is 0 Å². The van der Waals surface area contributed by atoms with Crippen molar-refractivity contribution in [2.75, 3.05) is 6.54 Å². The van der Waals surface area contributed by atoms with Crippen molar-refractivity contribution in [3.63, 3.8) is 0 Å². The maximum Gasteiger partial charge on any atom is 0.272 e. The number of rotatable bonds is 4. The lowest BCUT2D eigenvalue weighted by atomic mass is 9.49. The van der Waals surface area contributed by atoms with E-state index in [9.17, 15) is 4.79 Å². The molecule has 0 radical (unpaired) electrons. The summed E-state index contributed by atoms with van der Waals surface area (Å²) in [6.45, 7) is 7.83. The molecule has 0 spiro atoms. The van der Waals surface area contributed by atoms with Crippen LogP contribution < -0.4 is 5.32 Å². The highest BCUT2D eigenvalue weighted by atomic mass is 16.2. The van der Waals surface area contributed by atoms with Gasteiger partial charge in [0.2, 0.25) is 0 Å². The minimum atomic E-state index is 0.0474. The van der Waals surface area contributed by atoms with Crippen molar-refractivity contribution in [2.24, 2.45) is 34.5 Å². The fourth-order valence-electron chi connectivity index (χ4n) is 8.18. The SMILES string of the molecule is CC(C)(C)C1CCc2c(c(C(=O)NCC34CC5CC(CC(C5)C3)C4)nn2-c2ccccc2)C1. The Bertz CT molecular complexity index is 1010. The molecule has 2 aromatic rings. The Morgan fingerprint density at radius 3 is 2.30 bits per heavy atom. The smallest absolute Gasteiger partial charge is 0.272 e. The van der Waals surface area contributed by atoms with E-state index in [1.165, 1.54) is 49.8 Å². The number of benzene rings is 1. The summed E-state index contributed by atoms with van der Waals surface area (Å²) >= 11 is 0. The Labute approximate surface area is 198 Å². The molecule has 1 heterocycles. The Morgan fingerprint density at radius 2 is 1.70 bits per heavy atom. The molecule has 1 aromatic heterocycles. The Morgan fingerprint density at radius 1 is 1.06 bits per heavy atom. The second-order valence-corrected chi connectivity index (χ2v) is 12.9. The fraction of sp³-hybridized carbons (Fsp3) is 0.655. The van der Waals surface area contributed by atoms with Crippen molar-refractivity contribution >= 4 is 5.91 Å². The van der Waals surface area contributed by atoms with Crippen LogP contribution in [-0.4, -0.2) is 22.2 Å². The number of carbonyl (C=O) groups excluding carboxylic acids is 1. The molecule has 4 nitrogen and oxygen atoms in total. The highest BCUT2D eigenvalue weighted by molar-refractivity contribution is 5.94. The highest BCUT2D eigenvalue weighted by Crippen LogP contribution is 2.59. The summed E-state index contributed by atoms with van der Waals surface area (Å²) in [6.07, 6.45) is 11.4. The predicted octanol–water partition coefficient (Wildman–Crippen LogP) is 5.97. The number of fused-ring (bicyclic) bond motifs is 1. The third-order valence-electron chi connectivity index (χ3n) is 9.50. The third-order valence-corrected chi connectivity index (χ3v) is 9.50. The quantitative estimate of drug-likeness (QED) is 0.630. The zero-order valence-corrected chi connectivity index (χ0v) is 20.6. The van der Waals surface area contributed by atoms with Gasteiger partial charge in [-0.3, -0.25) is 4.79 Å². The van der Waals surface area contributed by atoms with E-state index in [0.717, 1.165) is 49.2 Å². The summed E-state index contributed by atoms with van der Waals surface area (Å²) in [5.41, 5.74) is 4.74. The molecule has 4 heteroatoms. The molecule has 1 unspecified atom stereocenters. The van der Waals surface area contributed by atoms with Crippen molar-refractivity contribution in [2.45, 2.75) is 78.6 Å². The van der Waals surface area contributed by atoms with Gasteiger partial charge in [0.1, 0.15) is 0 Å². The van der Waals surface area contributed by atoms with Crippen molar-refractivity contribution in [1.82, 2.24) is 15.1 Å². The van der Waals surface area contributed by atoms with Gasteiger partial charge in [-0.15, -0.1) is 0 Å². The number of nitrogens with one attached hydrogen (secondary N) is 1. The van der Waals surface area contributed by atoms with Gasteiger partial charge in [-0.1, -0.05) is 39.0 Å². The second kappa shape index (κ2) is 7.71. The Kier molecular flexibility index (Phi) is 5.01. The average Bonchev–Trinajstić information content (AvgIpc) is 3.16. The first-order valence-corrected chi connectivity index (χ1v) is 13.2. The fourth-order valence-corrected chi connectivity index (χ4v) is 8.18. The Balaban J connectivity index is 1.28. The molecule has 1 amide bonds. The Hall–Kier alpha value is -2.10. The van der Waals surface area contributed by atoms with Crippen LogP contribution in [0.25, 0.3) is 5.69 Å². The minimum absolute atomic E-state index is 0.0474. The van der Waals surface area contributed by atoms with Crippen LogP contribution in [-0.2, 0) is 12.8 Å². The molecule has 5 aliphatic carbocycles. The van der Waals surface area contributed by atoms with E-state index in [-0.39, 0.29) is 11.3 Å². The van der Waals surface area contributed by atoms with Crippen LogP contribution in [0.15, 0.2) is 30.3 Å². The largest absolute Gasteiger partial charge is 0.350 e. The van der Waals surface area contributed by atoms with Crippen LogP contribution >= 0.6 is 0 Å². The van der Waals surface area contributed by atoms with Gasteiger partial charge < -0.3 is 5.32 Å². The van der Waals surface area contributed by atoms with Gasteiger partial charge in [-0.05, 0) is 104 Å². The summed E-state index contributed by atoms with van der Waals surface area (Å²) in [4.78, 5) is 13.6. The normalized spacial score (nSPS) is 32.6. The number of carbonyl (C=O) groups is 1. The zero-order valence-electron chi connectivity index (χ0n) is 20.6. The summed E-state index contributed by atoms with van der Waals surface area (Å²) in [5, 5.41) is 8.36. The lowest BCUT2D eigenvalue weighted by Crippen LogP contribution is -2.51. The van der Waals surface area contributed by atoms with Gasteiger partial charge in [0.25, 0.3) is 5.91 Å². The average molecular weight is 446 g/mol. The second-order valence-electron chi connectivity index (χ2n) is 12.9. The van der Waals surface area contributed by atoms with Crippen molar-refractivity contribution in [1.29, 1.82) is 0 Å². The summed E-state index contributed by atoms with van der Waals surface area (Å²) in [5.74, 6) is 3.35. The molecule has 7 rings (SSSR count). The number of hydrogen-bond donors (Lipinski definition) is 1. The van der Waals surface area contributed by atoms with Crippen LogP contribution in [0.3, 0.4) is 0 Å². The van der Waals surface area contributed by atoms with Crippen molar-refractivity contribution in [3.05, 3.63) is 47.3 Å². The van der Waals surface area contributed by atoms with Gasteiger partial charge in [0.05, 0.1) is 5.69 Å². The number of amides is 1. The van der Waals surface area contributed by atoms with E-state index in [0.29, 0.717) is 17.0 Å². The first-order valence-electron chi connectivity index (χ1n) is 13.2. The van der Waals surface area contributed by atoms with Crippen molar-refractivity contribution in [3.8, 4) is 5.69 Å². The summed E-state index contributed by atoms with van der Waals surface area (Å²) in [7, 11) is 0. The first kappa shape index (κ1) is 21.4. The van der Waals surface area contributed by atoms with Gasteiger partial charge >= 0.3 is 0 Å². The molecule has 4 fully saturated rings. The maximum absolute atomic E-state index is 13.6. The van der Waals surface area contributed by atoms with Crippen LogP contribution in [0.2, 0.25) is 0 Å². The zero-order chi connectivity index (χ0) is 22.8. The maximum atomic E-state index is 13.6. The van der Waals surface area contributed by atoms with E-state index in [4.69, 9.17) is 5.10 Å². The van der Waals surface area contributed by atoms with E-state index < -0.39 is 0 Å². The lowest BCUT2D eigenvalue weighted by Gasteiger charge is -2.56. The third kappa shape index (κ3) is 3.84. The van der Waals surface area contributed by atoms with E-state index in [1.54, 1.807) is 0 Å². The number of aromatic nitrogens is 2. The summed E-state index contributed by atoms with van der Waals surface area (Å²) in [6, 6.07) is 10.3. The van der Waals surface area contributed by atoms with Gasteiger partial charge in [0.15, 0.2) is 5.69 Å². The molecule has 33 heavy (non-hydrogen) atoms. The lowest BCUT2D eigenvalue weighted by molar-refractivity contribution is -0.0503. The monoisotopic (exact) mass is 445 g/mol. The van der Waals surface area contributed by atoms with Gasteiger partial charge in [0, 0.05) is 17.8 Å². The molecule has 1 N–H and O–H groups in total. The minimum Gasteiger partial charge on any atom is -0.350 e. The first-order chi connectivity index (χ1) is 15.8. The number of para-hydroxylation sites is 1. The molecule has 0 aliphatic heterocycles. The van der Waals surface area contributed by atoms with Crippen LogP contribution in [0.1, 0.15) is 87.5 Å². The molecule has 1 aromatic carbocycles.